The second-order valence-electron chi connectivity index (χ2n) is 3.20. The van der Waals surface area contributed by atoms with Gasteiger partial charge in [-0.3, -0.25) is 4.79 Å². The number of thiazole rings is 1. The lowest BCUT2D eigenvalue weighted by Crippen LogP contribution is -2.05. The van der Waals surface area contributed by atoms with Crippen LogP contribution in [0.25, 0.3) is 0 Å². The minimum absolute atomic E-state index is 0.257. The number of halogens is 2. The van der Waals surface area contributed by atoms with Gasteiger partial charge in [-0.2, -0.15) is 0 Å². The third-order valence-corrected chi connectivity index (χ3v) is 3.08. The molecule has 82 valence electrons. The molecule has 0 bridgehead atoms. The van der Waals surface area contributed by atoms with Gasteiger partial charge in [-0.1, -0.05) is 6.07 Å². The zero-order valence-corrected chi connectivity index (χ0v) is 9.15. The van der Waals surface area contributed by atoms with Crippen LogP contribution >= 0.6 is 11.3 Å². The highest BCUT2D eigenvalue weighted by Gasteiger charge is 2.19. The molecule has 0 unspecified atom stereocenters. The standard InChI is InChI=1S/C11H7F2NOS/c1-6-11(16-5-14-6)10(15)7-3-2-4-8(12)9(7)13/h2-5H,1H3. The SMILES string of the molecule is Cc1ncsc1C(=O)c1cccc(F)c1F. The molecule has 1 aromatic heterocycles. The molecule has 0 fully saturated rings. The Labute approximate surface area is 94.6 Å². The van der Waals surface area contributed by atoms with Gasteiger partial charge in [0, 0.05) is 0 Å². The summed E-state index contributed by atoms with van der Waals surface area (Å²) in [5.41, 5.74) is 1.77. The third-order valence-electron chi connectivity index (χ3n) is 2.15. The monoisotopic (exact) mass is 239 g/mol. The van der Waals surface area contributed by atoms with Crippen molar-refractivity contribution >= 4 is 17.1 Å². The normalized spacial score (nSPS) is 10.4. The number of ketones is 1. The fraction of sp³-hybridized carbons (Fsp3) is 0.0909. The molecule has 0 saturated heterocycles. The van der Waals surface area contributed by atoms with E-state index in [2.05, 4.69) is 4.98 Å². The summed E-state index contributed by atoms with van der Waals surface area (Å²) in [6.07, 6.45) is 0. The molecule has 0 saturated carbocycles. The summed E-state index contributed by atoms with van der Waals surface area (Å²) in [6, 6.07) is 3.55. The van der Waals surface area contributed by atoms with Gasteiger partial charge in [0.15, 0.2) is 11.6 Å². The van der Waals surface area contributed by atoms with E-state index in [1.165, 1.54) is 17.6 Å². The molecule has 16 heavy (non-hydrogen) atoms. The van der Waals surface area contributed by atoms with Crippen molar-refractivity contribution in [2.45, 2.75) is 6.92 Å². The average Bonchev–Trinajstić information content (AvgIpc) is 2.68. The van der Waals surface area contributed by atoms with Gasteiger partial charge in [-0.15, -0.1) is 11.3 Å². The number of carbonyl (C=O) groups is 1. The van der Waals surface area contributed by atoms with Crippen molar-refractivity contribution in [2.24, 2.45) is 0 Å². The maximum atomic E-state index is 13.4. The van der Waals surface area contributed by atoms with Crippen LogP contribution in [0.15, 0.2) is 23.7 Å². The minimum atomic E-state index is -1.11. The van der Waals surface area contributed by atoms with Crippen molar-refractivity contribution in [2.75, 3.05) is 0 Å². The minimum Gasteiger partial charge on any atom is -0.288 e. The topological polar surface area (TPSA) is 30.0 Å². The highest BCUT2D eigenvalue weighted by Crippen LogP contribution is 2.20. The van der Waals surface area contributed by atoms with Crippen LogP contribution in [0, 0.1) is 18.6 Å². The first-order valence-electron chi connectivity index (χ1n) is 4.50. The summed E-state index contributed by atoms with van der Waals surface area (Å²) in [6.45, 7) is 1.65. The third kappa shape index (κ3) is 1.74. The van der Waals surface area contributed by atoms with Crippen molar-refractivity contribution in [1.29, 1.82) is 0 Å². The molecule has 0 amide bonds. The molecule has 0 spiro atoms. The Kier molecular flexibility index (Phi) is 2.78. The van der Waals surface area contributed by atoms with Crippen LogP contribution in [-0.2, 0) is 0 Å². The summed E-state index contributed by atoms with van der Waals surface area (Å²) in [7, 11) is 0. The summed E-state index contributed by atoms with van der Waals surface area (Å²) in [5.74, 6) is -2.66. The summed E-state index contributed by atoms with van der Waals surface area (Å²) >= 11 is 1.12. The molecule has 5 heteroatoms. The van der Waals surface area contributed by atoms with Crippen LogP contribution < -0.4 is 0 Å². The van der Waals surface area contributed by atoms with E-state index in [0.717, 1.165) is 17.4 Å². The van der Waals surface area contributed by atoms with E-state index in [1.54, 1.807) is 6.92 Å². The number of carbonyl (C=O) groups excluding carboxylic acids is 1. The molecule has 0 N–H and O–H groups in total. The Balaban J connectivity index is 2.50. The number of aryl methyl sites for hydroxylation is 1. The van der Waals surface area contributed by atoms with E-state index >= 15 is 0 Å². The van der Waals surface area contributed by atoms with Gasteiger partial charge in [-0.05, 0) is 19.1 Å². The van der Waals surface area contributed by atoms with E-state index in [-0.39, 0.29) is 5.56 Å². The lowest BCUT2D eigenvalue weighted by molar-refractivity contribution is 0.103. The predicted molar refractivity (Wildman–Crippen MR) is 56.6 cm³/mol. The predicted octanol–water partition coefficient (Wildman–Crippen LogP) is 2.96. The molecule has 2 rings (SSSR count). The Morgan fingerprint density at radius 1 is 1.38 bits per heavy atom. The number of nitrogens with zero attached hydrogens (tertiary/aromatic N) is 1. The molecule has 2 nitrogen and oxygen atoms in total. The van der Waals surface area contributed by atoms with Crippen LogP contribution in [0.4, 0.5) is 8.78 Å². The van der Waals surface area contributed by atoms with Gasteiger partial charge < -0.3 is 0 Å². The first kappa shape index (κ1) is 10.9. The second kappa shape index (κ2) is 4.09. The van der Waals surface area contributed by atoms with Crippen molar-refractivity contribution in [3.05, 3.63) is 51.5 Å². The van der Waals surface area contributed by atoms with Gasteiger partial charge >= 0.3 is 0 Å². The summed E-state index contributed by atoms with van der Waals surface area (Å²) < 4.78 is 26.3. The lowest BCUT2D eigenvalue weighted by atomic mass is 10.1. The van der Waals surface area contributed by atoms with Crippen molar-refractivity contribution in [3.8, 4) is 0 Å². The van der Waals surface area contributed by atoms with Gasteiger partial charge in [0.25, 0.3) is 0 Å². The molecule has 0 aliphatic carbocycles. The highest BCUT2D eigenvalue weighted by molar-refractivity contribution is 7.12. The molecule has 1 heterocycles. The van der Waals surface area contributed by atoms with Crippen molar-refractivity contribution in [1.82, 2.24) is 4.98 Å². The Morgan fingerprint density at radius 2 is 2.12 bits per heavy atom. The largest absolute Gasteiger partial charge is 0.288 e. The smallest absolute Gasteiger partial charge is 0.207 e. The summed E-state index contributed by atoms with van der Waals surface area (Å²) in [4.78, 5) is 16.1. The maximum Gasteiger partial charge on any atom is 0.207 e. The van der Waals surface area contributed by atoms with E-state index in [0.29, 0.717) is 10.6 Å². The molecular formula is C11H7F2NOS. The maximum absolute atomic E-state index is 13.4. The van der Waals surface area contributed by atoms with Crippen LogP contribution in [0.2, 0.25) is 0 Å². The number of hydrogen-bond donors (Lipinski definition) is 0. The van der Waals surface area contributed by atoms with E-state index < -0.39 is 17.4 Å². The van der Waals surface area contributed by atoms with E-state index in [1.807, 2.05) is 0 Å². The molecule has 0 aliphatic rings. The van der Waals surface area contributed by atoms with Crippen molar-refractivity contribution < 1.29 is 13.6 Å². The van der Waals surface area contributed by atoms with E-state index in [4.69, 9.17) is 0 Å². The quantitative estimate of drug-likeness (QED) is 0.754. The Morgan fingerprint density at radius 3 is 2.75 bits per heavy atom. The Hall–Kier alpha value is -1.62. The average molecular weight is 239 g/mol. The zero-order valence-electron chi connectivity index (χ0n) is 8.33. The molecule has 0 atom stereocenters. The van der Waals surface area contributed by atoms with Gasteiger partial charge in [0.2, 0.25) is 5.78 Å². The number of hydrogen-bond acceptors (Lipinski definition) is 3. The number of benzene rings is 1. The molecule has 0 radical (unpaired) electrons. The first-order valence-corrected chi connectivity index (χ1v) is 5.38. The second-order valence-corrected chi connectivity index (χ2v) is 4.05. The number of rotatable bonds is 2. The van der Waals surface area contributed by atoms with Gasteiger partial charge in [-0.25, -0.2) is 13.8 Å². The highest BCUT2D eigenvalue weighted by atomic mass is 32.1. The van der Waals surface area contributed by atoms with Crippen LogP contribution in [0.5, 0.6) is 0 Å². The summed E-state index contributed by atoms with van der Waals surface area (Å²) in [5, 5.41) is 0. The number of aromatic nitrogens is 1. The van der Waals surface area contributed by atoms with Crippen LogP contribution in [0.1, 0.15) is 20.9 Å². The van der Waals surface area contributed by atoms with Crippen LogP contribution in [-0.4, -0.2) is 10.8 Å². The van der Waals surface area contributed by atoms with Gasteiger partial charge in [0.05, 0.1) is 21.6 Å². The molecule has 2 aromatic rings. The lowest BCUT2D eigenvalue weighted by Gasteiger charge is -2.01. The molecular weight excluding hydrogens is 232 g/mol. The fourth-order valence-corrected chi connectivity index (χ4v) is 2.08. The fourth-order valence-electron chi connectivity index (χ4n) is 1.32. The van der Waals surface area contributed by atoms with E-state index in [9.17, 15) is 13.6 Å². The van der Waals surface area contributed by atoms with Crippen molar-refractivity contribution in [3.63, 3.8) is 0 Å². The molecule has 0 aliphatic heterocycles. The Bertz CT molecular complexity index is 551. The zero-order chi connectivity index (χ0) is 11.7. The first-order chi connectivity index (χ1) is 7.61. The van der Waals surface area contributed by atoms with Gasteiger partial charge in [0.1, 0.15) is 0 Å². The van der Waals surface area contributed by atoms with Crippen LogP contribution in [0.3, 0.4) is 0 Å². The molecule has 1 aromatic carbocycles.